The average molecular weight is 397 g/mol. The van der Waals surface area contributed by atoms with Crippen LogP contribution in [-0.2, 0) is 16.0 Å². The van der Waals surface area contributed by atoms with E-state index in [0.29, 0.717) is 12.2 Å². The fraction of sp³-hybridized carbons (Fsp3) is 0.400. The van der Waals surface area contributed by atoms with E-state index in [0.717, 1.165) is 12.8 Å². The molecule has 0 aromatic heterocycles. The number of aromatic hydroxyl groups is 2. The van der Waals surface area contributed by atoms with E-state index in [9.17, 15) is 15.0 Å². The highest BCUT2D eigenvalue weighted by molar-refractivity contribution is 5.87. The maximum absolute atomic E-state index is 11.7. The van der Waals surface area contributed by atoms with Crippen LogP contribution in [-0.4, -0.2) is 22.8 Å². The zero-order valence-electron chi connectivity index (χ0n) is 17.1. The van der Waals surface area contributed by atoms with Crippen LogP contribution in [0, 0.1) is 0 Å². The van der Waals surface area contributed by atoms with Crippen molar-refractivity contribution in [3.8, 4) is 11.5 Å². The molecule has 0 radical (unpaired) electrons. The lowest BCUT2D eigenvalue weighted by atomic mass is 10.0. The van der Waals surface area contributed by atoms with Crippen LogP contribution in [0.2, 0.25) is 0 Å². The predicted octanol–water partition coefficient (Wildman–Crippen LogP) is 6.02. The molecule has 0 atom stereocenters. The molecule has 2 rings (SSSR count). The van der Waals surface area contributed by atoms with E-state index < -0.39 is 5.97 Å². The van der Waals surface area contributed by atoms with Crippen molar-refractivity contribution >= 4 is 12.0 Å². The number of esters is 1. The first-order chi connectivity index (χ1) is 14.1. The Morgan fingerprint density at radius 3 is 2.14 bits per heavy atom. The van der Waals surface area contributed by atoms with Gasteiger partial charge in [0.15, 0.2) is 11.5 Å². The van der Waals surface area contributed by atoms with Gasteiger partial charge in [-0.2, -0.15) is 0 Å². The molecule has 2 aromatic rings. The summed E-state index contributed by atoms with van der Waals surface area (Å²) in [5.41, 5.74) is 2.05. The van der Waals surface area contributed by atoms with Crippen LogP contribution >= 0.6 is 0 Å². The standard InChI is InChI=1S/C25H32O4/c26-23-17-15-22(20-24(23)27)16-18-25(28)29-19-11-6-4-2-1-3-5-8-12-21-13-9-7-10-14-21/h7,9-10,13-18,20,26-27H,1-6,8,11-12,19H2/b18-16+. The smallest absolute Gasteiger partial charge is 0.330 e. The van der Waals surface area contributed by atoms with E-state index in [2.05, 4.69) is 30.3 Å². The topological polar surface area (TPSA) is 66.8 Å². The number of benzene rings is 2. The zero-order valence-corrected chi connectivity index (χ0v) is 17.1. The monoisotopic (exact) mass is 396 g/mol. The molecule has 0 aliphatic rings. The highest BCUT2D eigenvalue weighted by Crippen LogP contribution is 2.25. The van der Waals surface area contributed by atoms with E-state index in [1.165, 1.54) is 68.7 Å². The van der Waals surface area contributed by atoms with Gasteiger partial charge in [0.25, 0.3) is 0 Å². The molecular formula is C25H32O4. The Morgan fingerprint density at radius 1 is 0.793 bits per heavy atom. The quantitative estimate of drug-likeness (QED) is 0.188. The second-order valence-corrected chi connectivity index (χ2v) is 7.31. The van der Waals surface area contributed by atoms with E-state index >= 15 is 0 Å². The first-order valence-corrected chi connectivity index (χ1v) is 10.6. The Labute approximate surface area is 173 Å². The maximum Gasteiger partial charge on any atom is 0.330 e. The van der Waals surface area contributed by atoms with E-state index in [-0.39, 0.29) is 11.5 Å². The number of aryl methyl sites for hydroxylation is 1. The highest BCUT2D eigenvalue weighted by atomic mass is 16.5. The molecule has 0 aliphatic carbocycles. The van der Waals surface area contributed by atoms with Gasteiger partial charge in [0.2, 0.25) is 0 Å². The summed E-state index contributed by atoms with van der Waals surface area (Å²) in [5.74, 6) is -0.787. The lowest BCUT2D eigenvalue weighted by molar-refractivity contribution is -0.137. The third kappa shape index (κ3) is 9.84. The number of hydrogen-bond donors (Lipinski definition) is 2. The Morgan fingerprint density at radius 2 is 1.45 bits per heavy atom. The van der Waals surface area contributed by atoms with Gasteiger partial charge in [-0.05, 0) is 48.6 Å². The summed E-state index contributed by atoms with van der Waals surface area (Å²) >= 11 is 0. The molecule has 4 heteroatoms. The van der Waals surface area contributed by atoms with Gasteiger partial charge >= 0.3 is 5.97 Å². The maximum atomic E-state index is 11.7. The molecule has 0 amide bonds. The number of carbonyl (C=O) groups is 1. The number of rotatable bonds is 13. The summed E-state index contributed by atoms with van der Waals surface area (Å²) in [7, 11) is 0. The first kappa shape index (κ1) is 22.5. The van der Waals surface area contributed by atoms with E-state index in [4.69, 9.17) is 4.74 Å². The lowest BCUT2D eigenvalue weighted by Crippen LogP contribution is -2.02. The fourth-order valence-corrected chi connectivity index (χ4v) is 3.17. The molecule has 0 aliphatic heterocycles. The molecule has 0 saturated heterocycles. The summed E-state index contributed by atoms with van der Waals surface area (Å²) in [6.45, 7) is 0.432. The zero-order chi connectivity index (χ0) is 20.7. The van der Waals surface area contributed by atoms with Gasteiger partial charge in [0.05, 0.1) is 6.61 Å². The van der Waals surface area contributed by atoms with Crippen LogP contribution in [0.5, 0.6) is 11.5 Å². The minimum Gasteiger partial charge on any atom is -0.504 e. The molecular weight excluding hydrogens is 364 g/mol. The van der Waals surface area contributed by atoms with Crippen LogP contribution in [0.3, 0.4) is 0 Å². The normalized spacial score (nSPS) is 11.0. The summed E-state index contributed by atoms with van der Waals surface area (Å²) < 4.78 is 5.18. The van der Waals surface area contributed by atoms with Gasteiger partial charge in [-0.1, -0.05) is 74.9 Å². The molecule has 0 bridgehead atoms. The van der Waals surface area contributed by atoms with Gasteiger partial charge in [-0.25, -0.2) is 4.79 Å². The van der Waals surface area contributed by atoms with E-state index in [1.54, 1.807) is 12.1 Å². The molecule has 2 aromatic carbocycles. The minimum absolute atomic E-state index is 0.183. The average Bonchev–Trinajstić information content (AvgIpc) is 2.73. The molecule has 4 nitrogen and oxygen atoms in total. The summed E-state index contributed by atoms with van der Waals surface area (Å²) in [6, 6.07) is 15.0. The van der Waals surface area contributed by atoms with Crippen molar-refractivity contribution in [1.29, 1.82) is 0 Å². The molecule has 0 spiro atoms. The molecule has 0 saturated carbocycles. The molecule has 0 fully saturated rings. The van der Waals surface area contributed by atoms with Gasteiger partial charge in [0.1, 0.15) is 0 Å². The van der Waals surface area contributed by atoms with Crippen LogP contribution in [0.25, 0.3) is 6.08 Å². The van der Waals surface area contributed by atoms with Crippen LogP contribution in [0.4, 0.5) is 0 Å². The summed E-state index contributed by atoms with van der Waals surface area (Å²) in [4.78, 5) is 11.7. The molecule has 0 heterocycles. The van der Waals surface area contributed by atoms with Crippen LogP contribution in [0.1, 0.15) is 62.5 Å². The van der Waals surface area contributed by atoms with Crippen LogP contribution < -0.4 is 0 Å². The Kier molecular flexibility index (Phi) is 10.4. The molecule has 29 heavy (non-hydrogen) atoms. The van der Waals surface area contributed by atoms with Gasteiger partial charge in [-0.15, -0.1) is 0 Å². The number of unbranched alkanes of at least 4 members (excludes halogenated alkanes) is 7. The Balaban J connectivity index is 1.42. The van der Waals surface area contributed by atoms with Gasteiger partial charge < -0.3 is 14.9 Å². The van der Waals surface area contributed by atoms with Gasteiger partial charge in [-0.3, -0.25) is 0 Å². The SMILES string of the molecule is O=C(/C=C/c1ccc(O)c(O)c1)OCCCCCCCCCCc1ccccc1. The van der Waals surface area contributed by atoms with Crippen molar-refractivity contribution in [1.82, 2.24) is 0 Å². The number of phenols is 2. The Hall–Kier alpha value is -2.75. The van der Waals surface area contributed by atoms with Crippen molar-refractivity contribution in [3.05, 3.63) is 65.7 Å². The van der Waals surface area contributed by atoms with Crippen molar-refractivity contribution in [2.75, 3.05) is 6.61 Å². The minimum atomic E-state index is -0.393. The second-order valence-electron chi connectivity index (χ2n) is 7.31. The number of hydrogen-bond acceptors (Lipinski definition) is 4. The van der Waals surface area contributed by atoms with Crippen molar-refractivity contribution in [3.63, 3.8) is 0 Å². The first-order valence-electron chi connectivity index (χ1n) is 10.6. The lowest BCUT2D eigenvalue weighted by Gasteiger charge is -2.04. The fourth-order valence-electron chi connectivity index (χ4n) is 3.17. The number of ether oxygens (including phenoxy) is 1. The van der Waals surface area contributed by atoms with Crippen molar-refractivity contribution in [2.45, 2.75) is 57.8 Å². The second kappa shape index (κ2) is 13.4. The molecule has 156 valence electrons. The van der Waals surface area contributed by atoms with E-state index in [1.807, 2.05) is 0 Å². The Bertz CT molecular complexity index is 753. The van der Waals surface area contributed by atoms with Crippen LogP contribution in [0.15, 0.2) is 54.6 Å². The third-order valence-electron chi connectivity index (χ3n) is 4.86. The third-order valence-corrected chi connectivity index (χ3v) is 4.86. The summed E-state index contributed by atoms with van der Waals surface area (Å²) in [6.07, 6.45) is 13.6. The molecule has 2 N–H and O–H groups in total. The number of phenolic OH excluding ortho intramolecular Hbond substituents is 2. The molecule has 0 unspecified atom stereocenters. The largest absolute Gasteiger partial charge is 0.504 e. The highest BCUT2D eigenvalue weighted by Gasteiger charge is 2.00. The predicted molar refractivity (Wildman–Crippen MR) is 117 cm³/mol. The van der Waals surface area contributed by atoms with Crippen molar-refractivity contribution < 1.29 is 19.7 Å². The summed E-state index contributed by atoms with van der Waals surface area (Å²) in [5, 5.41) is 18.7. The van der Waals surface area contributed by atoms with Crippen molar-refractivity contribution in [2.24, 2.45) is 0 Å². The van der Waals surface area contributed by atoms with Gasteiger partial charge in [0, 0.05) is 6.08 Å². The number of carbonyl (C=O) groups excluding carboxylic acids is 1.